The molecule has 1 unspecified atom stereocenters. The van der Waals surface area contributed by atoms with Crippen LogP contribution in [0.4, 0.5) is 0 Å². The number of rotatable bonds is 5. The van der Waals surface area contributed by atoms with E-state index in [0.29, 0.717) is 17.3 Å². The zero-order valence-corrected chi connectivity index (χ0v) is 19.5. The number of amidine groups is 1. The van der Waals surface area contributed by atoms with Gasteiger partial charge in [-0.15, -0.1) is 0 Å². The van der Waals surface area contributed by atoms with Crippen LogP contribution in [0.1, 0.15) is 30.0 Å². The summed E-state index contributed by atoms with van der Waals surface area (Å²) in [5.41, 5.74) is 6.28. The van der Waals surface area contributed by atoms with E-state index in [9.17, 15) is 5.21 Å². The van der Waals surface area contributed by atoms with Gasteiger partial charge in [-0.05, 0) is 48.2 Å². The van der Waals surface area contributed by atoms with Crippen LogP contribution in [0, 0.1) is 0 Å². The number of hydrogen-bond acceptors (Lipinski definition) is 4. The number of nitrogens with zero attached hydrogens (tertiary/aromatic N) is 4. The maximum atomic E-state index is 9.81. The normalized spacial score (nSPS) is 16.6. The molecule has 5 rings (SSSR count). The van der Waals surface area contributed by atoms with Crippen LogP contribution in [0.3, 0.4) is 0 Å². The van der Waals surface area contributed by atoms with Gasteiger partial charge in [-0.2, -0.15) is 5.10 Å². The number of hydrogen-bond donors (Lipinski definition) is 2. The Morgan fingerprint density at radius 1 is 1.03 bits per heavy atom. The van der Waals surface area contributed by atoms with Crippen molar-refractivity contribution in [3.05, 3.63) is 95.4 Å². The largest absolute Gasteiger partial charge is 0.409 e. The molecule has 4 aromatic rings. The number of aromatic amines is 1. The number of benzene rings is 2. The monoisotopic (exact) mass is 471 g/mol. The van der Waals surface area contributed by atoms with Crippen molar-refractivity contribution >= 4 is 17.4 Å². The highest BCUT2D eigenvalue weighted by Crippen LogP contribution is 2.39. The fourth-order valence-corrected chi connectivity index (χ4v) is 4.84. The number of nitrogens with one attached hydrogen (secondary N) is 1. The van der Waals surface area contributed by atoms with Gasteiger partial charge in [-0.25, -0.2) is 0 Å². The van der Waals surface area contributed by atoms with Crippen LogP contribution >= 0.6 is 11.6 Å². The molecule has 0 aliphatic carbocycles. The lowest BCUT2D eigenvalue weighted by Crippen LogP contribution is -2.40. The molecule has 0 amide bonds. The summed E-state index contributed by atoms with van der Waals surface area (Å²) in [7, 11) is 0. The Bertz CT molecular complexity index is 1260. The van der Waals surface area contributed by atoms with Gasteiger partial charge in [0.1, 0.15) is 11.5 Å². The Morgan fingerprint density at radius 2 is 1.79 bits per heavy atom. The van der Waals surface area contributed by atoms with Crippen LogP contribution in [0.2, 0.25) is 5.02 Å². The van der Waals surface area contributed by atoms with Crippen molar-refractivity contribution < 1.29 is 5.21 Å². The van der Waals surface area contributed by atoms with E-state index in [1.165, 1.54) is 0 Å². The molecule has 0 saturated carbocycles. The van der Waals surface area contributed by atoms with Crippen LogP contribution in [0.25, 0.3) is 22.4 Å². The molecule has 1 atom stereocenters. The van der Waals surface area contributed by atoms with Gasteiger partial charge in [0.05, 0.1) is 0 Å². The van der Waals surface area contributed by atoms with Gasteiger partial charge in [0.2, 0.25) is 0 Å². The van der Waals surface area contributed by atoms with Gasteiger partial charge < -0.3 is 10.1 Å². The molecule has 6 nitrogen and oxygen atoms in total. The topological polar surface area (TPSA) is 77.4 Å². The summed E-state index contributed by atoms with van der Waals surface area (Å²) in [4.78, 5) is 6.39. The molecule has 0 radical (unpaired) electrons. The van der Waals surface area contributed by atoms with E-state index < -0.39 is 0 Å². The minimum atomic E-state index is 0.220. The molecule has 3 heterocycles. The number of pyridine rings is 1. The third-order valence-corrected chi connectivity index (χ3v) is 6.65. The third-order valence-electron chi connectivity index (χ3n) is 6.40. The minimum absolute atomic E-state index is 0.220. The van der Waals surface area contributed by atoms with Crippen molar-refractivity contribution in [3.63, 3.8) is 0 Å². The maximum Gasteiger partial charge on any atom is 0.148 e. The first-order valence-electron chi connectivity index (χ1n) is 11.5. The molecule has 2 N–H and O–H groups in total. The Balaban J connectivity index is 1.47. The zero-order chi connectivity index (χ0) is 23.3. The van der Waals surface area contributed by atoms with E-state index in [-0.39, 0.29) is 5.92 Å². The second-order valence-electron chi connectivity index (χ2n) is 8.57. The predicted molar refractivity (Wildman–Crippen MR) is 135 cm³/mol. The van der Waals surface area contributed by atoms with E-state index in [1.807, 2.05) is 54.6 Å². The van der Waals surface area contributed by atoms with Crippen LogP contribution < -0.4 is 0 Å². The lowest BCUT2D eigenvalue weighted by Gasteiger charge is -2.34. The molecule has 0 spiro atoms. The second-order valence-corrected chi connectivity index (χ2v) is 9.00. The van der Waals surface area contributed by atoms with E-state index in [2.05, 4.69) is 32.3 Å². The van der Waals surface area contributed by atoms with Gasteiger partial charge in [0.15, 0.2) is 0 Å². The number of halogens is 1. The van der Waals surface area contributed by atoms with Crippen molar-refractivity contribution in [3.8, 4) is 22.4 Å². The van der Waals surface area contributed by atoms with Crippen molar-refractivity contribution in [1.29, 1.82) is 0 Å². The summed E-state index contributed by atoms with van der Waals surface area (Å²) in [5.74, 6) is 0.914. The van der Waals surface area contributed by atoms with Gasteiger partial charge in [0, 0.05) is 59.7 Å². The third kappa shape index (κ3) is 4.68. The Morgan fingerprint density at radius 3 is 2.53 bits per heavy atom. The van der Waals surface area contributed by atoms with E-state index in [0.717, 1.165) is 59.6 Å². The number of oxime groups is 1. The minimum Gasteiger partial charge on any atom is -0.409 e. The first-order chi connectivity index (χ1) is 16.7. The molecule has 34 heavy (non-hydrogen) atoms. The predicted octanol–water partition coefficient (Wildman–Crippen LogP) is 6.00. The first kappa shape index (κ1) is 22.2. The number of aromatic nitrogens is 3. The van der Waals surface area contributed by atoms with E-state index in [4.69, 9.17) is 16.7 Å². The molecule has 1 aliphatic heterocycles. The molecule has 2 aromatic heterocycles. The van der Waals surface area contributed by atoms with Crippen LogP contribution in [0.5, 0.6) is 0 Å². The highest BCUT2D eigenvalue weighted by Gasteiger charge is 2.29. The summed E-state index contributed by atoms with van der Waals surface area (Å²) >= 11 is 6.13. The molecule has 1 aliphatic rings. The van der Waals surface area contributed by atoms with E-state index >= 15 is 0 Å². The highest BCUT2D eigenvalue weighted by molar-refractivity contribution is 6.30. The molecule has 172 valence electrons. The summed E-state index contributed by atoms with van der Waals surface area (Å²) in [5, 5.41) is 22.3. The summed E-state index contributed by atoms with van der Waals surface area (Å²) < 4.78 is 0. The highest BCUT2D eigenvalue weighted by atomic mass is 35.5. The summed E-state index contributed by atoms with van der Waals surface area (Å²) in [6.45, 7) is 1.62. The van der Waals surface area contributed by atoms with Crippen LogP contribution in [-0.4, -0.2) is 44.2 Å². The number of H-pyrrole nitrogens is 1. The fourth-order valence-electron chi connectivity index (χ4n) is 4.71. The Labute approximate surface area is 203 Å². The van der Waals surface area contributed by atoms with Crippen LogP contribution in [0.15, 0.2) is 84.3 Å². The maximum absolute atomic E-state index is 9.81. The standard InChI is InChI=1S/C27H26ClN5O/c28-23-10-8-21(9-11-23)26-25(20-12-14-29-15-13-20)27(31-30-26)22-7-4-16-33(18-22)24(32-34)17-19-5-2-1-3-6-19/h1-3,5-6,8-15,22,34H,4,7,16-18H2,(H,30,31). The quantitative estimate of drug-likeness (QED) is 0.162. The van der Waals surface area contributed by atoms with Crippen molar-refractivity contribution in [2.24, 2.45) is 5.16 Å². The summed E-state index contributed by atoms with van der Waals surface area (Å²) in [6, 6.07) is 21.9. The van der Waals surface area contributed by atoms with Gasteiger partial charge in [0.25, 0.3) is 0 Å². The molecule has 0 bridgehead atoms. The van der Waals surface area contributed by atoms with Crippen molar-refractivity contribution in [2.45, 2.75) is 25.2 Å². The molecule has 7 heteroatoms. The fraction of sp³-hybridized carbons (Fsp3) is 0.222. The smallest absolute Gasteiger partial charge is 0.148 e. The SMILES string of the molecule is ON=C(Cc1ccccc1)N1CCCC(c2[nH]nc(-c3ccc(Cl)cc3)c2-c2ccncc2)C1. The zero-order valence-electron chi connectivity index (χ0n) is 18.7. The van der Waals surface area contributed by atoms with Crippen molar-refractivity contribution in [2.75, 3.05) is 13.1 Å². The molecule has 2 aromatic carbocycles. The van der Waals surface area contributed by atoms with Crippen molar-refractivity contribution in [1.82, 2.24) is 20.1 Å². The van der Waals surface area contributed by atoms with E-state index in [1.54, 1.807) is 12.4 Å². The lowest BCUT2D eigenvalue weighted by molar-refractivity contribution is 0.267. The lowest BCUT2D eigenvalue weighted by atomic mass is 9.88. The molecular weight excluding hydrogens is 446 g/mol. The number of likely N-dealkylation sites (tertiary alicyclic amines) is 1. The second kappa shape index (κ2) is 10.1. The summed E-state index contributed by atoms with van der Waals surface area (Å²) in [6.07, 6.45) is 6.24. The Hall–Kier alpha value is -3.64. The first-order valence-corrected chi connectivity index (χ1v) is 11.8. The average Bonchev–Trinajstić information content (AvgIpc) is 3.34. The Kier molecular flexibility index (Phi) is 6.58. The van der Waals surface area contributed by atoms with Crippen LogP contribution in [-0.2, 0) is 6.42 Å². The molecule has 1 fully saturated rings. The molecular formula is C27H26ClN5O. The number of piperidine rings is 1. The van der Waals surface area contributed by atoms with Gasteiger partial charge >= 0.3 is 0 Å². The van der Waals surface area contributed by atoms with Gasteiger partial charge in [-0.3, -0.25) is 10.1 Å². The average molecular weight is 472 g/mol. The molecule has 1 saturated heterocycles. The van der Waals surface area contributed by atoms with Gasteiger partial charge in [-0.1, -0.05) is 59.2 Å².